The average molecular weight is 184 g/mol. The van der Waals surface area contributed by atoms with Gasteiger partial charge >= 0.3 is 0 Å². The standard InChI is InChI=1S/C9H16N2S/c1-4-10-5-6-11(9(10)12)7-8(2)3/h5-6,8H,4,7H2,1-3H3. The molecule has 12 heavy (non-hydrogen) atoms. The lowest BCUT2D eigenvalue weighted by atomic mass is 10.2. The van der Waals surface area contributed by atoms with Gasteiger partial charge in [-0.2, -0.15) is 0 Å². The normalized spacial score (nSPS) is 11.0. The fraction of sp³-hybridized carbons (Fsp3) is 0.667. The van der Waals surface area contributed by atoms with Crippen LogP contribution < -0.4 is 0 Å². The summed E-state index contributed by atoms with van der Waals surface area (Å²) >= 11 is 5.27. The first-order valence-corrected chi connectivity index (χ1v) is 4.81. The zero-order chi connectivity index (χ0) is 9.14. The van der Waals surface area contributed by atoms with Crippen LogP contribution in [-0.4, -0.2) is 9.13 Å². The van der Waals surface area contributed by atoms with Gasteiger partial charge in [-0.15, -0.1) is 0 Å². The molecule has 2 nitrogen and oxygen atoms in total. The molecular formula is C9H16N2S. The van der Waals surface area contributed by atoms with E-state index in [4.69, 9.17) is 12.2 Å². The van der Waals surface area contributed by atoms with Crippen LogP contribution in [0.4, 0.5) is 0 Å². The van der Waals surface area contributed by atoms with E-state index in [2.05, 4.69) is 36.1 Å². The van der Waals surface area contributed by atoms with Crippen molar-refractivity contribution in [1.82, 2.24) is 9.13 Å². The Morgan fingerprint density at radius 3 is 2.33 bits per heavy atom. The lowest BCUT2D eigenvalue weighted by Crippen LogP contribution is -2.04. The summed E-state index contributed by atoms with van der Waals surface area (Å²) in [4.78, 5) is 0. The molecule has 68 valence electrons. The number of imidazole rings is 1. The Hall–Kier alpha value is -0.570. The quantitative estimate of drug-likeness (QED) is 0.657. The van der Waals surface area contributed by atoms with E-state index in [-0.39, 0.29) is 0 Å². The van der Waals surface area contributed by atoms with Gasteiger partial charge in [0.2, 0.25) is 0 Å². The summed E-state index contributed by atoms with van der Waals surface area (Å²) in [6.45, 7) is 8.49. The van der Waals surface area contributed by atoms with Crippen LogP contribution in [0.3, 0.4) is 0 Å². The van der Waals surface area contributed by atoms with E-state index in [1.54, 1.807) is 0 Å². The SMILES string of the molecule is CCn1ccn(CC(C)C)c1=S. The molecule has 0 saturated heterocycles. The van der Waals surface area contributed by atoms with E-state index in [0.717, 1.165) is 17.9 Å². The van der Waals surface area contributed by atoms with Gasteiger partial charge in [0.05, 0.1) is 0 Å². The molecule has 0 radical (unpaired) electrons. The molecule has 3 heteroatoms. The van der Waals surface area contributed by atoms with Crippen molar-refractivity contribution >= 4 is 12.2 Å². The largest absolute Gasteiger partial charge is 0.324 e. The van der Waals surface area contributed by atoms with Crippen molar-refractivity contribution in [2.75, 3.05) is 0 Å². The smallest absolute Gasteiger partial charge is 0.179 e. The number of aryl methyl sites for hydroxylation is 1. The van der Waals surface area contributed by atoms with Crippen molar-refractivity contribution in [3.63, 3.8) is 0 Å². The lowest BCUT2D eigenvalue weighted by Gasteiger charge is -2.05. The van der Waals surface area contributed by atoms with Crippen molar-refractivity contribution in [2.45, 2.75) is 33.9 Å². The summed E-state index contributed by atoms with van der Waals surface area (Å²) < 4.78 is 5.15. The molecule has 1 aromatic rings. The van der Waals surface area contributed by atoms with Crippen LogP contribution in [0.25, 0.3) is 0 Å². The summed E-state index contributed by atoms with van der Waals surface area (Å²) in [7, 11) is 0. The fourth-order valence-corrected chi connectivity index (χ4v) is 1.55. The van der Waals surface area contributed by atoms with Crippen LogP contribution in [0, 0.1) is 10.7 Å². The summed E-state index contributed by atoms with van der Waals surface area (Å²) in [5, 5.41) is 0. The second kappa shape index (κ2) is 3.90. The third kappa shape index (κ3) is 1.97. The minimum absolute atomic E-state index is 0.657. The monoisotopic (exact) mass is 184 g/mol. The molecular weight excluding hydrogens is 168 g/mol. The number of hydrogen-bond donors (Lipinski definition) is 0. The van der Waals surface area contributed by atoms with E-state index in [0.29, 0.717) is 5.92 Å². The van der Waals surface area contributed by atoms with Gasteiger partial charge in [0, 0.05) is 25.5 Å². The van der Waals surface area contributed by atoms with Gasteiger partial charge in [-0.3, -0.25) is 0 Å². The first-order chi connectivity index (χ1) is 5.65. The molecule has 0 aliphatic carbocycles. The third-order valence-corrected chi connectivity index (χ3v) is 2.29. The Morgan fingerprint density at radius 1 is 1.33 bits per heavy atom. The van der Waals surface area contributed by atoms with Crippen LogP contribution in [0.1, 0.15) is 20.8 Å². The number of nitrogens with zero attached hydrogens (tertiary/aromatic N) is 2. The maximum atomic E-state index is 5.27. The Bertz CT molecular complexity index is 296. The molecule has 0 aliphatic rings. The molecule has 1 rings (SSSR count). The summed E-state index contributed by atoms with van der Waals surface area (Å²) in [5.74, 6) is 0.657. The third-order valence-electron chi connectivity index (χ3n) is 1.82. The predicted octanol–water partition coefficient (Wildman–Crippen LogP) is 2.69. The van der Waals surface area contributed by atoms with Crippen LogP contribution >= 0.6 is 12.2 Å². The van der Waals surface area contributed by atoms with Crippen molar-refractivity contribution < 1.29 is 0 Å². The molecule has 0 aromatic carbocycles. The molecule has 0 unspecified atom stereocenters. The Labute approximate surface area is 78.8 Å². The maximum Gasteiger partial charge on any atom is 0.179 e. The van der Waals surface area contributed by atoms with Gasteiger partial charge in [-0.1, -0.05) is 13.8 Å². The molecule has 0 saturated carbocycles. The minimum Gasteiger partial charge on any atom is -0.324 e. The molecule has 1 heterocycles. The van der Waals surface area contributed by atoms with Gasteiger partial charge in [-0.05, 0) is 25.1 Å². The van der Waals surface area contributed by atoms with Gasteiger partial charge in [-0.25, -0.2) is 0 Å². The van der Waals surface area contributed by atoms with E-state index < -0.39 is 0 Å². The van der Waals surface area contributed by atoms with Gasteiger partial charge in [0.15, 0.2) is 4.77 Å². The highest BCUT2D eigenvalue weighted by Crippen LogP contribution is 2.02. The van der Waals surface area contributed by atoms with Gasteiger partial charge in [0.1, 0.15) is 0 Å². The molecule has 0 fully saturated rings. The van der Waals surface area contributed by atoms with E-state index in [9.17, 15) is 0 Å². The molecule has 0 bridgehead atoms. The first kappa shape index (κ1) is 9.52. The predicted molar refractivity (Wildman–Crippen MR) is 53.8 cm³/mol. The van der Waals surface area contributed by atoms with Crippen LogP contribution in [0.2, 0.25) is 0 Å². The van der Waals surface area contributed by atoms with E-state index in [1.165, 1.54) is 0 Å². The Balaban J connectivity index is 2.88. The van der Waals surface area contributed by atoms with Crippen molar-refractivity contribution in [1.29, 1.82) is 0 Å². The summed E-state index contributed by atoms with van der Waals surface area (Å²) in [5.41, 5.74) is 0. The van der Waals surface area contributed by atoms with Crippen molar-refractivity contribution in [2.24, 2.45) is 5.92 Å². The molecule has 0 aliphatic heterocycles. The zero-order valence-electron chi connectivity index (χ0n) is 7.95. The second-order valence-electron chi connectivity index (χ2n) is 3.41. The second-order valence-corrected chi connectivity index (χ2v) is 3.78. The minimum atomic E-state index is 0.657. The molecule has 0 amide bonds. The molecule has 1 aromatic heterocycles. The highest BCUT2D eigenvalue weighted by Gasteiger charge is 1.99. The highest BCUT2D eigenvalue weighted by atomic mass is 32.1. The van der Waals surface area contributed by atoms with E-state index in [1.807, 2.05) is 6.20 Å². The van der Waals surface area contributed by atoms with Crippen molar-refractivity contribution in [3.05, 3.63) is 17.2 Å². The zero-order valence-corrected chi connectivity index (χ0v) is 8.77. The Kier molecular flexibility index (Phi) is 3.09. The van der Waals surface area contributed by atoms with Gasteiger partial charge < -0.3 is 9.13 Å². The van der Waals surface area contributed by atoms with Crippen molar-refractivity contribution in [3.8, 4) is 0 Å². The van der Waals surface area contributed by atoms with Gasteiger partial charge in [0.25, 0.3) is 0 Å². The molecule has 0 atom stereocenters. The highest BCUT2D eigenvalue weighted by molar-refractivity contribution is 7.71. The van der Waals surface area contributed by atoms with Crippen LogP contribution in [0.5, 0.6) is 0 Å². The summed E-state index contributed by atoms with van der Waals surface area (Å²) in [6.07, 6.45) is 4.11. The topological polar surface area (TPSA) is 9.86 Å². The number of hydrogen-bond acceptors (Lipinski definition) is 1. The average Bonchev–Trinajstić information content (AvgIpc) is 2.32. The fourth-order valence-electron chi connectivity index (χ4n) is 1.23. The maximum absolute atomic E-state index is 5.27. The van der Waals surface area contributed by atoms with Crippen LogP contribution in [0.15, 0.2) is 12.4 Å². The van der Waals surface area contributed by atoms with Crippen LogP contribution in [-0.2, 0) is 13.1 Å². The summed E-state index contributed by atoms with van der Waals surface area (Å²) in [6, 6.07) is 0. The molecule has 0 N–H and O–H groups in total. The van der Waals surface area contributed by atoms with E-state index >= 15 is 0 Å². The number of aromatic nitrogens is 2. The molecule has 0 spiro atoms. The lowest BCUT2D eigenvalue weighted by molar-refractivity contribution is 0.511. The Morgan fingerprint density at radius 2 is 1.92 bits per heavy atom. The number of rotatable bonds is 3. The first-order valence-electron chi connectivity index (χ1n) is 4.40.